The Bertz CT molecular complexity index is 1680. The minimum atomic E-state index is 0. The molecule has 13 nitrogen and oxygen atoms in total. The Labute approximate surface area is 407 Å². The van der Waals surface area contributed by atoms with Crippen LogP contribution < -0.4 is 24.8 Å². The monoisotopic (exact) mass is 1000 g/mol. The van der Waals surface area contributed by atoms with Crippen LogP contribution in [0.15, 0.2) is 195 Å². The van der Waals surface area contributed by atoms with Gasteiger partial charge in [-0.3, -0.25) is 0 Å². The van der Waals surface area contributed by atoms with Gasteiger partial charge in [0.15, 0.2) is 0 Å². The van der Waals surface area contributed by atoms with Gasteiger partial charge >= 0.3 is 50.3 Å². The van der Waals surface area contributed by atoms with Gasteiger partial charge in [-0.05, 0) is 112 Å². The van der Waals surface area contributed by atoms with Crippen molar-refractivity contribution in [3.05, 3.63) is 216 Å². The minimum absolute atomic E-state index is 0. The first-order valence-electron chi connectivity index (χ1n) is 17.9. The standard InChI is InChI=1S/4C10H8N3.C4H10O.2ClH.3Co/c4*1-3-7-11-9(5-1)13-10-6-2-4-8-12-10;1-3-5-4-2;;;;;/h4*1-8H;3-4H2,1-2H3;2*1H;;;/q4*-1;;;;3*+2/p-2. The van der Waals surface area contributed by atoms with Gasteiger partial charge in [0.2, 0.25) is 0 Å². The Hall–Kier alpha value is -5.54. The second-order valence-electron chi connectivity index (χ2n) is 10.7. The molecular formula is C44H42Cl2Co3N12O. The van der Waals surface area contributed by atoms with E-state index < -0.39 is 0 Å². The second kappa shape index (κ2) is 38.4. The maximum Gasteiger partial charge on any atom is 2.00 e. The zero-order chi connectivity index (χ0) is 39.9. The van der Waals surface area contributed by atoms with Crippen molar-refractivity contribution >= 4 is 46.5 Å². The molecule has 3 radical (unpaired) electrons. The van der Waals surface area contributed by atoms with Crippen LogP contribution >= 0.6 is 0 Å². The van der Waals surface area contributed by atoms with Crippen molar-refractivity contribution in [1.29, 1.82) is 0 Å². The van der Waals surface area contributed by atoms with E-state index in [4.69, 9.17) is 4.74 Å². The third-order valence-electron chi connectivity index (χ3n) is 6.52. The molecule has 325 valence electrons. The summed E-state index contributed by atoms with van der Waals surface area (Å²) in [5.74, 6) is 5.45. The van der Waals surface area contributed by atoms with E-state index in [0.717, 1.165) is 13.2 Å². The molecule has 0 bridgehead atoms. The largest absolute Gasteiger partial charge is 2.00 e. The van der Waals surface area contributed by atoms with Crippen molar-refractivity contribution in [3.63, 3.8) is 0 Å². The number of nitrogens with zero attached hydrogens (tertiary/aromatic N) is 12. The van der Waals surface area contributed by atoms with Gasteiger partial charge in [0.1, 0.15) is 0 Å². The summed E-state index contributed by atoms with van der Waals surface area (Å²) in [4.78, 5) is 32.5. The number of halogens is 2. The molecule has 0 aliphatic heterocycles. The Morgan fingerprint density at radius 1 is 0.290 bits per heavy atom. The first-order chi connectivity index (χ1) is 28.2. The van der Waals surface area contributed by atoms with Crippen molar-refractivity contribution in [2.45, 2.75) is 13.8 Å². The van der Waals surface area contributed by atoms with Gasteiger partial charge < -0.3 is 90.7 Å². The zero-order valence-electron chi connectivity index (χ0n) is 33.4. The molecule has 0 fully saturated rings. The molecule has 0 saturated heterocycles. The van der Waals surface area contributed by atoms with Crippen LogP contribution in [-0.2, 0) is 55.1 Å². The maximum atomic E-state index is 4.83. The molecule has 18 heteroatoms. The minimum Gasteiger partial charge on any atom is -1.00 e. The average molecular weight is 1000 g/mol. The molecule has 62 heavy (non-hydrogen) atoms. The van der Waals surface area contributed by atoms with E-state index in [2.05, 4.69) is 61.1 Å². The van der Waals surface area contributed by atoms with Crippen LogP contribution in [0.2, 0.25) is 0 Å². The Kier molecular flexibility index (Phi) is 36.3. The van der Waals surface area contributed by atoms with Crippen LogP contribution in [0.1, 0.15) is 13.8 Å². The van der Waals surface area contributed by atoms with Crippen molar-refractivity contribution in [2.24, 2.45) is 0 Å². The van der Waals surface area contributed by atoms with E-state index in [1.165, 1.54) is 0 Å². The summed E-state index contributed by atoms with van der Waals surface area (Å²) < 4.78 is 4.83. The van der Waals surface area contributed by atoms with E-state index in [9.17, 15) is 0 Å². The molecular weight excluding hydrogens is 960 g/mol. The summed E-state index contributed by atoms with van der Waals surface area (Å²) in [5.41, 5.74) is 0. The number of aromatic nitrogens is 8. The molecule has 0 saturated carbocycles. The molecule has 0 N–H and O–H groups in total. The molecule has 0 aliphatic carbocycles. The molecule has 0 amide bonds. The van der Waals surface area contributed by atoms with Crippen LogP contribution in [0.3, 0.4) is 0 Å². The van der Waals surface area contributed by atoms with Gasteiger partial charge in [-0.2, -0.15) is 0 Å². The fourth-order valence-corrected chi connectivity index (χ4v) is 4.03. The first kappa shape index (κ1) is 58.6. The summed E-state index contributed by atoms with van der Waals surface area (Å²) in [5, 5.41) is 16.9. The number of rotatable bonds is 10. The van der Waals surface area contributed by atoms with Gasteiger partial charge in [-0.1, -0.05) is 97.1 Å². The van der Waals surface area contributed by atoms with E-state index in [0.29, 0.717) is 46.5 Å². The average Bonchev–Trinajstić information content (AvgIpc) is 3.28. The molecule has 0 aliphatic rings. The predicted octanol–water partition coefficient (Wildman–Crippen LogP) is 6.30. The maximum absolute atomic E-state index is 4.83. The topological polar surface area (TPSA) is 169 Å². The molecule has 8 rings (SSSR count). The van der Waals surface area contributed by atoms with Gasteiger partial charge in [0.05, 0.1) is 0 Å². The van der Waals surface area contributed by atoms with Crippen LogP contribution in [0, 0.1) is 0 Å². The van der Waals surface area contributed by atoms with Crippen molar-refractivity contribution in [3.8, 4) is 0 Å². The quantitative estimate of drug-likeness (QED) is 0.153. The molecule has 0 unspecified atom stereocenters. The van der Waals surface area contributed by atoms with Crippen molar-refractivity contribution in [1.82, 2.24) is 39.9 Å². The zero-order valence-corrected chi connectivity index (χ0v) is 38.1. The number of ether oxygens (including phenoxy) is 1. The third kappa shape index (κ3) is 26.6. The van der Waals surface area contributed by atoms with Crippen molar-refractivity contribution in [2.75, 3.05) is 13.2 Å². The molecule has 8 aromatic heterocycles. The van der Waals surface area contributed by atoms with E-state index in [1.807, 2.05) is 159 Å². The van der Waals surface area contributed by atoms with Crippen molar-refractivity contribution < 1.29 is 79.9 Å². The van der Waals surface area contributed by atoms with E-state index in [-0.39, 0.29) is 75.2 Å². The molecule has 0 spiro atoms. The SMILES string of the molecule is CCOCC.[Cl-].[Cl-].[Co+2].[Co+2].[Co+2].c1ccc([N-]c2ccccn2)nc1.c1ccc([N-]c2ccccn2)nc1.c1ccc([N-]c2ccccn2)nc1.c1ccc([N-]c2ccccn2)nc1. The molecule has 8 heterocycles. The Morgan fingerprint density at radius 3 is 0.516 bits per heavy atom. The predicted molar refractivity (Wildman–Crippen MR) is 227 cm³/mol. The van der Waals surface area contributed by atoms with Crippen LogP contribution in [0.25, 0.3) is 21.3 Å². The normalized spacial score (nSPS) is 8.68. The molecule has 0 aromatic carbocycles. The number of hydrogen-bond donors (Lipinski definition) is 0. The summed E-state index contributed by atoms with van der Waals surface area (Å²) in [6, 6.07) is 44.8. The number of hydrogen-bond acceptors (Lipinski definition) is 9. The van der Waals surface area contributed by atoms with Crippen LogP contribution in [-0.4, -0.2) is 53.1 Å². The third-order valence-corrected chi connectivity index (χ3v) is 6.52. The van der Waals surface area contributed by atoms with E-state index >= 15 is 0 Å². The fourth-order valence-electron chi connectivity index (χ4n) is 4.03. The van der Waals surface area contributed by atoms with Crippen LogP contribution in [0.4, 0.5) is 46.5 Å². The second-order valence-corrected chi connectivity index (χ2v) is 10.7. The van der Waals surface area contributed by atoms with Gasteiger partial charge in [0.25, 0.3) is 0 Å². The first-order valence-corrected chi connectivity index (χ1v) is 17.9. The van der Waals surface area contributed by atoms with Gasteiger partial charge in [-0.25, -0.2) is 0 Å². The summed E-state index contributed by atoms with van der Waals surface area (Å²) in [7, 11) is 0. The Morgan fingerprint density at radius 2 is 0.435 bits per heavy atom. The summed E-state index contributed by atoms with van der Waals surface area (Å²) in [6.07, 6.45) is 13.7. The van der Waals surface area contributed by atoms with Crippen LogP contribution in [0.5, 0.6) is 0 Å². The number of pyridine rings is 8. The fraction of sp³-hybridized carbons (Fsp3) is 0.0909. The Balaban J connectivity index is 0. The molecule has 8 aromatic rings. The van der Waals surface area contributed by atoms with Gasteiger partial charge in [0, 0.05) is 59.8 Å². The van der Waals surface area contributed by atoms with Gasteiger partial charge in [-0.15, -0.1) is 0 Å². The molecule has 0 atom stereocenters. The van der Waals surface area contributed by atoms with E-state index in [1.54, 1.807) is 49.6 Å². The summed E-state index contributed by atoms with van der Waals surface area (Å²) in [6.45, 7) is 5.67. The smallest absolute Gasteiger partial charge is 1.00 e. The summed E-state index contributed by atoms with van der Waals surface area (Å²) >= 11 is 0.